The van der Waals surface area contributed by atoms with Gasteiger partial charge in [0.15, 0.2) is 0 Å². The Morgan fingerprint density at radius 3 is 2.52 bits per heavy atom. The standard InChI is InChI=1S/C28H33ClN4/c1-20-9-8-10-25(29)27(20)21(2)30-16-15-23-11-13-24(14-12-23)28-22(3)32(4)31-19-26(28)33-17-6-5-7-18-33/h8-14,19,30H,2-3,5-7,15-18H2,1,4H3. The van der Waals surface area contributed by atoms with E-state index in [9.17, 15) is 0 Å². The van der Waals surface area contributed by atoms with E-state index in [0.29, 0.717) is 0 Å². The molecule has 1 N–H and O–H groups in total. The van der Waals surface area contributed by atoms with E-state index in [1.807, 2.05) is 30.4 Å². The van der Waals surface area contributed by atoms with Crippen LogP contribution in [-0.2, 0) is 6.42 Å². The van der Waals surface area contributed by atoms with Gasteiger partial charge in [-0.2, -0.15) is 5.10 Å². The predicted molar refractivity (Wildman–Crippen MR) is 141 cm³/mol. The molecule has 2 heterocycles. The maximum absolute atomic E-state index is 6.37. The zero-order chi connectivity index (χ0) is 23.4. The van der Waals surface area contributed by atoms with Crippen molar-refractivity contribution >= 4 is 29.1 Å². The fourth-order valence-electron chi connectivity index (χ4n) is 4.57. The molecular weight excluding hydrogens is 428 g/mol. The summed E-state index contributed by atoms with van der Waals surface area (Å²) in [6.45, 7) is 13.5. The van der Waals surface area contributed by atoms with Gasteiger partial charge in [-0.05, 0) is 55.4 Å². The van der Waals surface area contributed by atoms with Crippen molar-refractivity contribution in [2.24, 2.45) is 5.10 Å². The zero-order valence-electron chi connectivity index (χ0n) is 19.7. The van der Waals surface area contributed by atoms with Crippen molar-refractivity contribution in [1.29, 1.82) is 0 Å². The maximum Gasteiger partial charge on any atom is 0.0715 e. The highest BCUT2D eigenvalue weighted by Gasteiger charge is 2.24. The van der Waals surface area contributed by atoms with Gasteiger partial charge >= 0.3 is 0 Å². The summed E-state index contributed by atoms with van der Waals surface area (Å²) in [6, 6.07) is 14.8. The second-order valence-corrected chi connectivity index (χ2v) is 9.21. The zero-order valence-corrected chi connectivity index (χ0v) is 20.5. The lowest BCUT2D eigenvalue weighted by atomic mass is 9.96. The molecule has 0 spiro atoms. The second kappa shape index (κ2) is 10.3. The van der Waals surface area contributed by atoms with Crippen molar-refractivity contribution in [3.05, 3.63) is 94.3 Å². The minimum absolute atomic E-state index is 0.732. The van der Waals surface area contributed by atoms with Crippen molar-refractivity contribution < 1.29 is 0 Å². The van der Waals surface area contributed by atoms with Gasteiger partial charge in [0, 0.05) is 43.5 Å². The molecule has 2 aromatic rings. The fourth-order valence-corrected chi connectivity index (χ4v) is 4.91. The number of benzene rings is 2. The molecule has 1 saturated heterocycles. The molecule has 0 saturated carbocycles. The number of likely N-dealkylation sites (N-methyl/N-ethyl adjacent to an activating group) is 1. The number of hydrogen-bond acceptors (Lipinski definition) is 4. The molecule has 0 aromatic heterocycles. The number of nitrogens with one attached hydrogen (secondary N) is 1. The van der Waals surface area contributed by atoms with Gasteiger partial charge in [-0.25, -0.2) is 0 Å². The third-order valence-electron chi connectivity index (χ3n) is 6.50. The predicted octanol–water partition coefficient (Wildman–Crippen LogP) is 6.09. The smallest absolute Gasteiger partial charge is 0.0715 e. The lowest BCUT2D eigenvalue weighted by molar-refractivity contribution is 0.296. The number of likely N-dealkylation sites (tertiary alicyclic amines) is 1. The average molecular weight is 461 g/mol. The summed E-state index contributed by atoms with van der Waals surface area (Å²) < 4.78 is 0. The number of aryl methyl sites for hydroxylation is 1. The highest BCUT2D eigenvalue weighted by atomic mass is 35.5. The maximum atomic E-state index is 6.37. The highest BCUT2D eigenvalue weighted by molar-refractivity contribution is 6.32. The molecule has 0 radical (unpaired) electrons. The topological polar surface area (TPSA) is 30.9 Å². The van der Waals surface area contributed by atoms with Crippen LogP contribution in [0.5, 0.6) is 0 Å². The van der Waals surface area contributed by atoms with Crippen LogP contribution in [-0.4, -0.2) is 42.8 Å². The molecular formula is C28H33ClN4. The Bertz CT molecular complexity index is 1070. The van der Waals surface area contributed by atoms with E-state index in [4.69, 9.17) is 11.6 Å². The summed E-state index contributed by atoms with van der Waals surface area (Å²) in [5.74, 6) is 0. The van der Waals surface area contributed by atoms with Crippen LogP contribution in [0.2, 0.25) is 5.02 Å². The molecule has 1 fully saturated rings. The molecule has 0 aliphatic carbocycles. The molecule has 2 aliphatic rings. The van der Waals surface area contributed by atoms with Crippen LogP contribution in [0.1, 0.15) is 41.5 Å². The minimum Gasteiger partial charge on any atom is -0.385 e. The van der Waals surface area contributed by atoms with Gasteiger partial charge in [0.1, 0.15) is 0 Å². The van der Waals surface area contributed by atoms with E-state index in [-0.39, 0.29) is 0 Å². The molecule has 0 unspecified atom stereocenters. The number of piperidine rings is 1. The summed E-state index contributed by atoms with van der Waals surface area (Å²) >= 11 is 6.37. The summed E-state index contributed by atoms with van der Waals surface area (Å²) in [6.07, 6.45) is 6.68. The van der Waals surface area contributed by atoms with Gasteiger partial charge in [-0.3, -0.25) is 5.01 Å². The normalized spacial score (nSPS) is 16.4. The quantitative estimate of drug-likeness (QED) is 0.542. The van der Waals surface area contributed by atoms with Crippen molar-refractivity contribution in [3.8, 4) is 0 Å². The van der Waals surface area contributed by atoms with Crippen LogP contribution in [0.15, 0.2) is 72.1 Å². The van der Waals surface area contributed by atoms with Crippen LogP contribution in [0.4, 0.5) is 0 Å². The van der Waals surface area contributed by atoms with Crippen LogP contribution in [0.3, 0.4) is 0 Å². The number of hydrazone groups is 1. The summed E-state index contributed by atoms with van der Waals surface area (Å²) in [5.41, 5.74) is 8.77. The van der Waals surface area contributed by atoms with Gasteiger partial charge in [-0.1, -0.05) is 61.2 Å². The average Bonchev–Trinajstić information content (AvgIpc) is 2.82. The third kappa shape index (κ3) is 5.17. The first kappa shape index (κ1) is 23.2. The minimum atomic E-state index is 0.732. The first-order valence-electron chi connectivity index (χ1n) is 11.7. The van der Waals surface area contributed by atoms with Gasteiger partial charge in [0.05, 0.1) is 22.6 Å². The summed E-state index contributed by atoms with van der Waals surface area (Å²) in [7, 11) is 1.96. The Morgan fingerprint density at radius 2 is 1.82 bits per heavy atom. The number of halogens is 1. The van der Waals surface area contributed by atoms with Crippen LogP contribution >= 0.6 is 11.6 Å². The molecule has 5 heteroatoms. The Hall–Kier alpha value is -2.98. The van der Waals surface area contributed by atoms with E-state index < -0.39 is 0 Å². The molecule has 0 amide bonds. The number of allylic oxidation sites excluding steroid dienone is 2. The Morgan fingerprint density at radius 1 is 1.09 bits per heavy atom. The first-order chi connectivity index (χ1) is 16.0. The monoisotopic (exact) mass is 460 g/mol. The van der Waals surface area contributed by atoms with Crippen molar-refractivity contribution in [2.75, 3.05) is 26.7 Å². The number of hydrogen-bond donors (Lipinski definition) is 1. The number of rotatable bonds is 7. The number of nitrogens with zero attached hydrogens (tertiary/aromatic N) is 3. The lowest BCUT2D eigenvalue weighted by Crippen LogP contribution is -2.33. The Kier molecular flexibility index (Phi) is 7.24. The molecule has 2 aliphatic heterocycles. The van der Waals surface area contributed by atoms with E-state index in [0.717, 1.165) is 53.6 Å². The second-order valence-electron chi connectivity index (χ2n) is 8.81. The molecule has 4 rings (SSSR count). The van der Waals surface area contributed by atoms with E-state index in [1.165, 1.54) is 41.7 Å². The molecule has 0 atom stereocenters. The lowest BCUT2D eigenvalue weighted by Gasteiger charge is -2.35. The van der Waals surface area contributed by atoms with Crippen molar-refractivity contribution in [1.82, 2.24) is 15.2 Å². The summed E-state index contributed by atoms with van der Waals surface area (Å²) in [5, 5.41) is 10.6. The van der Waals surface area contributed by atoms with E-state index >= 15 is 0 Å². The Labute approximate surface area is 202 Å². The molecule has 0 bridgehead atoms. The van der Waals surface area contributed by atoms with Gasteiger partial charge < -0.3 is 10.2 Å². The first-order valence-corrected chi connectivity index (χ1v) is 12.1. The van der Waals surface area contributed by atoms with Gasteiger partial charge in [-0.15, -0.1) is 0 Å². The SMILES string of the molecule is C=C(NCCc1ccc(C2=C(N3CCCCC3)C=NN(C)C2=C)cc1)c1c(C)cccc1Cl. The third-order valence-corrected chi connectivity index (χ3v) is 6.82. The Balaban J connectivity index is 1.45. The van der Waals surface area contributed by atoms with E-state index in [2.05, 4.69) is 65.7 Å². The molecule has 33 heavy (non-hydrogen) atoms. The largest absolute Gasteiger partial charge is 0.385 e. The van der Waals surface area contributed by atoms with Crippen LogP contribution in [0, 0.1) is 6.92 Å². The van der Waals surface area contributed by atoms with E-state index in [1.54, 1.807) is 0 Å². The van der Waals surface area contributed by atoms with Crippen molar-refractivity contribution in [2.45, 2.75) is 32.6 Å². The van der Waals surface area contributed by atoms with Gasteiger partial charge in [0.2, 0.25) is 0 Å². The van der Waals surface area contributed by atoms with Crippen molar-refractivity contribution in [3.63, 3.8) is 0 Å². The fraction of sp³-hybridized carbons (Fsp3) is 0.321. The molecule has 172 valence electrons. The van der Waals surface area contributed by atoms with Crippen LogP contribution < -0.4 is 5.32 Å². The highest BCUT2D eigenvalue weighted by Crippen LogP contribution is 2.33. The molecule has 2 aromatic carbocycles. The molecule has 4 nitrogen and oxygen atoms in total. The van der Waals surface area contributed by atoms with Crippen LogP contribution in [0.25, 0.3) is 11.3 Å². The summed E-state index contributed by atoms with van der Waals surface area (Å²) in [4.78, 5) is 2.46. The van der Waals surface area contributed by atoms with Gasteiger partial charge in [0.25, 0.3) is 0 Å².